The van der Waals surface area contributed by atoms with E-state index in [-0.39, 0.29) is 11.9 Å². The van der Waals surface area contributed by atoms with E-state index in [1.165, 1.54) is 0 Å². The second kappa shape index (κ2) is 6.02. The maximum atomic E-state index is 5.58. The molecule has 0 bridgehead atoms. The summed E-state index contributed by atoms with van der Waals surface area (Å²) < 4.78 is 5.27. The smallest absolute Gasteiger partial charge is 0.223 e. The van der Waals surface area contributed by atoms with Crippen molar-refractivity contribution >= 4 is 17.6 Å². The van der Waals surface area contributed by atoms with E-state index in [9.17, 15) is 0 Å². The molecule has 7 N–H and O–H groups in total. The molecule has 0 atom stereocenters. The Morgan fingerprint density at radius 2 is 1.87 bits per heavy atom. The van der Waals surface area contributed by atoms with Crippen LogP contribution in [0, 0.1) is 0 Å². The zero-order valence-electron chi connectivity index (χ0n) is 12.0. The number of guanidine groups is 2. The molecule has 0 aliphatic rings. The van der Waals surface area contributed by atoms with Crippen molar-refractivity contribution in [3.05, 3.63) is 42.7 Å². The summed E-state index contributed by atoms with van der Waals surface area (Å²) in [4.78, 5) is 12.1. The first-order valence-electron chi connectivity index (χ1n) is 6.62. The highest BCUT2D eigenvalue weighted by molar-refractivity contribution is 5.93. The number of hydrogen-bond donors (Lipinski definition) is 4. The van der Waals surface area contributed by atoms with Crippen molar-refractivity contribution in [3.63, 3.8) is 0 Å². The third-order valence-electron chi connectivity index (χ3n) is 2.85. The fourth-order valence-corrected chi connectivity index (χ4v) is 1.89. The molecule has 0 aliphatic heterocycles. The predicted octanol–water partition coefficient (Wildman–Crippen LogP) is 0.951. The SMILES string of the molecule is NC(N)=NC(N)=Nc1ccc(-c2n[nH]c(-c3ccco3)n2)cc1. The van der Waals surface area contributed by atoms with Crippen LogP contribution in [0.1, 0.15) is 0 Å². The number of aliphatic imine (C=N–C) groups is 2. The highest BCUT2D eigenvalue weighted by Gasteiger charge is 2.09. The molecule has 3 aromatic rings. The molecule has 0 radical (unpaired) electrons. The van der Waals surface area contributed by atoms with Gasteiger partial charge < -0.3 is 21.6 Å². The van der Waals surface area contributed by atoms with Gasteiger partial charge in [0.05, 0.1) is 12.0 Å². The molecule has 1 aromatic carbocycles. The Balaban J connectivity index is 1.81. The van der Waals surface area contributed by atoms with Crippen LogP contribution in [0.4, 0.5) is 5.69 Å². The standard InChI is InChI=1S/C14H14N8O/c15-13(16)20-14(17)18-9-5-3-8(4-6-9)11-19-12(22-21-11)10-2-1-7-23-10/h1-7H,(H,19,21,22)(H6,15,16,17,18,20). The lowest BCUT2D eigenvalue weighted by Gasteiger charge is -1.98. The quantitative estimate of drug-likeness (QED) is 0.416. The van der Waals surface area contributed by atoms with E-state index >= 15 is 0 Å². The maximum absolute atomic E-state index is 5.58. The summed E-state index contributed by atoms with van der Waals surface area (Å²) in [6.07, 6.45) is 1.57. The molecule has 0 aliphatic carbocycles. The van der Waals surface area contributed by atoms with Gasteiger partial charge in [-0.2, -0.15) is 10.1 Å². The molecule has 0 amide bonds. The van der Waals surface area contributed by atoms with Crippen molar-refractivity contribution in [2.45, 2.75) is 0 Å². The second-order valence-corrected chi connectivity index (χ2v) is 4.54. The number of aromatic amines is 1. The summed E-state index contributed by atoms with van der Waals surface area (Å²) in [5, 5.41) is 6.99. The van der Waals surface area contributed by atoms with Crippen LogP contribution in [0.2, 0.25) is 0 Å². The van der Waals surface area contributed by atoms with Gasteiger partial charge in [0.15, 0.2) is 23.4 Å². The van der Waals surface area contributed by atoms with Crippen molar-refractivity contribution < 1.29 is 4.42 Å². The highest BCUT2D eigenvalue weighted by atomic mass is 16.3. The Morgan fingerprint density at radius 3 is 2.52 bits per heavy atom. The van der Waals surface area contributed by atoms with E-state index in [2.05, 4.69) is 25.2 Å². The lowest BCUT2D eigenvalue weighted by Crippen LogP contribution is -2.26. The van der Waals surface area contributed by atoms with Crippen LogP contribution in [0.3, 0.4) is 0 Å². The van der Waals surface area contributed by atoms with Gasteiger partial charge in [-0.05, 0) is 36.4 Å². The van der Waals surface area contributed by atoms with E-state index < -0.39 is 0 Å². The average Bonchev–Trinajstić information content (AvgIpc) is 3.18. The van der Waals surface area contributed by atoms with Crippen LogP contribution in [0.25, 0.3) is 23.0 Å². The first kappa shape index (κ1) is 14.3. The Labute approximate surface area is 130 Å². The fraction of sp³-hybridized carbons (Fsp3) is 0. The average molecular weight is 310 g/mol. The number of rotatable bonds is 3. The number of hydrogen-bond acceptors (Lipinski definition) is 4. The number of aromatic nitrogens is 3. The van der Waals surface area contributed by atoms with Crippen molar-refractivity contribution in [2.24, 2.45) is 27.2 Å². The fourth-order valence-electron chi connectivity index (χ4n) is 1.89. The van der Waals surface area contributed by atoms with Gasteiger partial charge in [-0.25, -0.2) is 9.98 Å². The lowest BCUT2D eigenvalue weighted by atomic mass is 10.2. The Bertz CT molecular complexity index is 841. The summed E-state index contributed by atoms with van der Waals surface area (Å²) in [5.74, 6) is 1.56. The highest BCUT2D eigenvalue weighted by Crippen LogP contribution is 2.22. The Morgan fingerprint density at radius 1 is 1.09 bits per heavy atom. The summed E-state index contributed by atoms with van der Waals surface area (Å²) in [5.41, 5.74) is 17.5. The van der Waals surface area contributed by atoms with E-state index in [0.29, 0.717) is 23.1 Å². The maximum Gasteiger partial charge on any atom is 0.223 e. The van der Waals surface area contributed by atoms with Crippen molar-refractivity contribution in [2.75, 3.05) is 0 Å². The van der Waals surface area contributed by atoms with Crippen LogP contribution in [-0.4, -0.2) is 27.1 Å². The van der Waals surface area contributed by atoms with E-state index in [4.69, 9.17) is 21.6 Å². The normalized spacial score (nSPS) is 11.4. The van der Waals surface area contributed by atoms with Crippen molar-refractivity contribution in [1.29, 1.82) is 0 Å². The minimum absolute atomic E-state index is 0.0178. The number of nitrogens with two attached hydrogens (primary N) is 3. The van der Waals surface area contributed by atoms with Crippen LogP contribution >= 0.6 is 0 Å². The number of nitrogens with zero attached hydrogens (tertiary/aromatic N) is 4. The first-order valence-corrected chi connectivity index (χ1v) is 6.62. The first-order chi connectivity index (χ1) is 11.1. The third kappa shape index (κ3) is 3.35. The Hall–Kier alpha value is -3.62. The number of nitrogens with one attached hydrogen (secondary N) is 1. The molecule has 3 rings (SSSR count). The molecule has 0 saturated carbocycles. The minimum atomic E-state index is -0.144. The number of benzene rings is 1. The monoisotopic (exact) mass is 310 g/mol. The molecule has 9 nitrogen and oxygen atoms in total. The molecular weight excluding hydrogens is 296 g/mol. The van der Waals surface area contributed by atoms with Gasteiger partial charge >= 0.3 is 0 Å². The molecule has 0 unspecified atom stereocenters. The Kier molecular flexibility index (Phi) is 3.75. The van der Waals surface area contributed by atoms with Crippen molar-refractivity contribution in [3.8, 4) is 23.0 Å². The van der Waals surface area contributed by atoms with E-state index in [1.54, 1.807) is 30.5 Å². The second-order valence-electron chi connectivity index (χ2n) is 4.54. The third-order valence-corrected chi connectivity index (χ3v) is 2.85. The van der Waals surface area contributed by atoms with E-state index in [0.717, 1.165) is 5.56 Å². The van der Waals surface area contributed by atoms with Gasteiger partial charge in [-0.15, -0.1) is 0 Å². The lowest BCUT2D eigenvalue weighted by molar-refractivity contribution is 0.577. The minimum Gasteiger partial charge on any atom is -0.461 e. The molecule has 0 spiro atoms. The zero-order valence-corrected chi connectivity index (χ0v) is 12.0. The van der Waals surface area contributed by atoms with Gasteiger partial charge in [-0.3, -0.25) is 5.10 Å². The topological polar surface area (TPSA) is 157 Å². The summed E-state index contributed by atoms with van der Waals surface area (Å²) >= 11 is 0. The molecule has 0 saturated heterocycles. The molecular formula is C14H14N8O. The number of H-pyrrole nitrogens is 1. The van der Waals surface area contributed by atoms with Crippen LogP contribution in [0.5, 0.6) is 0 Å². The molecule has 2 heterocycles. The zero-order chi connectivity index (χ0) is 16.2. The molecule has 9 heteroatoms. The van der Waals surface area contributed by atoms with Crippen LogP contribution in [0.15, 0.2) is 57.1 Å². The largest absolute Gasteiger partial charge is 0.461 e. The summed E-state index contributed by atoms with van der Waals surface area (Å²) in [7, 11) is 0. The molecule has 0 fully saturated rings. The summed E-state index contributed by atoms with van der Waals surface area (Å²) in [6, 6.07) is 10.7. The predicted molar refractivity (Wildman–Crippen MR) is 86.6 cm³/mol. The van der Waals surface area contributed by atoms with Gasteiger partial charge in [0, 0.05) is 5.56 Å². The van der Waals surface area contributed by atoms with Gasteiger partial charge in [0.1, 0.15) is 0 Å². The molecule has 116 valence electrons. The van der Waals surface area contributed by atoms with Gasteiger partial charge in [-0.1, -0.05) is 0 Å². The van der Waals surface area contributed by atoms with Crippen molar-refractivity contribution in [1.82, 2.24) is 15.2 Å². The van der Waals surface area contributed by atoms with E-state index in [1.807, 2.05) is 12.1 Å². The molecule has 2 aromatic heterocycles. The molecule has 23 heavy (non-hydrogen) atoms. The van der Waals surface area contributed by atoms with Gasteiger partial charge in [0.2, 0.25) is 5.96 Å². The summed E-state index contributed by atoms with van der Waals surface area (Å²) in [6.45, 7) is 0. The van der Waals surface area contributed by atoms with Crippen LogP contribution in [-0.2, 0) is 0 Å². The van der Waals surface area contributed by atoms with Gasteiger partial charge in [0.25, 0.3) is 0 Å². The van der Waals surface area contributed by atoms with Crippen LogP contribution < -0.4 is 17.2 Å². The number of furan rings is 1.